The highest BCUT2D eigenvalue weighted by molar-refractivity contribution is 14.1. The van der Waals surface area contributed by atoms with Gasteiger partial charge in [0.05, 0.1) is 75.2 Å². The van der Waals surface area contributed by atoms with E-state index in [0.29, 0.717) is 112 Å². The van der Waals surface area contributed by atoms with Gasteiger partial charge in [-0.05, 0) is 94.9 Å². The van der Waals surface area contributed by atoms with Crippen LogP contribution in [-0.4, -0.2) is 115 Å². The summed E-state index contributed by atoms with van der Waals surface area (Å²) in [6.45, 7) is 8.28. The average Bonchev–Trinajstić information content (AvgIpc) is 3.43. The molecule has 0 radical (unpaired) electrons. The summed E-state index contributed by atoms with van der Waals surface area (Å²) >= 11 is 4.34. The zero-order valence-electron chi connectivity index (χ0n) is 28.5. The van der Waals surface area contributed by atoms with Crippen LogP contribution in [0.3, 0.4) is 0 Å². The highest BCUT2D eigenvalue weighted by Crippen LogP contribution is 2.48. The van der Waals surface area contributed by atoms with Gasteiger partial charge in [-0.15, -0.1) is 0 Å². The molecule has 0 N–H and O–H groups in total. The molecule has 266 valence electrons. The number of nitrogens with zero attached hydrogens (tertiary/aromatic N) is 2. The Morgan fingerprint density at radius 3 is 1.62 bits per heavy atom. The van der Waals surface area contributed by atoms with Crippen molar-refractivity contribution in [1.29, 1.82) is 0 Å². The summed E-state index contributed by atoms with van der Waals surface area (Å²) in [5.41, 5.74) is 5.11. The van der Waals surface area contributed by atoms with Crippen molar-refractivity contribution in [2.75, 3.05) is 93.5 Å². The van der Waals surface area contributed by atoms with Crippen LogP contribution in [-0.2, 0) is 28.4 Å². The molecular weight excluding hydrogens is 855 g/mol. The van der Waals surface area contributed by atoms with E-state index >= 15 is 8.63 Å². The normalized spacial score (nSPS) is 15.5. The lowest BCUT2D eigenvalue weighted by atomic mass is 9.83. The van der Waals surface area contributed by atoms with Crippen LogP contribution in [0.5, 0.6) is 11.5 Å². The fourth-order valence-electron chi connectivity index (χ4n) is 5.80. The predicted molar refractivity (Wildman–Crippen MR) is 198 cm³/mol. The summed E-state index contributed by atoms with van der Waals surface area (Å²) < 4.78 is 81.6. The van der Waals surface area contributed by atoms with Gasteiger partial charge in [0.1, 0.15) is 30.4 Å². The van der Waals surface area contributed by atoms with Gasteiger partial charge in [-0.2, -0.15) is 0 Å². The van der Waals surface area contributed by atoms with E-state index in [9.17, 15) is 0 Å². The van der Waals surface area contributed by atoms with Crippen molar-refractivity contribution in [3.8, 4) is 11.5 Å². The van der Waals surface area contributed by atoms with E-state index in [1.54, 1.807) is 34.1 Å². The molecule has 0 spiro atoms. The third-order valence-electron chi connectivity index (χ3n) is 8.07. The maximum absolute atomic E-state index is 16.5. The fourth-order valence-corrected chi connectivity index (χ4v) is 6.83. The second-order valence-electron chi connectivity index (χ2n) is 11.3. The van der Waals surface area contributed by atoms with Gasteiger partial charge in [-0.25, -0.2) is 0 Å². The van der Waals surface area contributed by atoms with Crippen molar-refractivity contribution in [1.82, 2.24) is 4.48 Å². The van der Waals surface area contributed by atoms with Crippen molar-refractivity contribution in [2.24, 2.45) is 0 Å². The molecule has 10 nitrogen and oxygen atoms in total. The molecule has 3 heterocycles. The van der Waals surface area contributed by atoms with Crippen molar-refractivity contribution in [3.63, 3.8) is 0 Å². The van der Waals surface area contributed by atoms with Crippen LogP contribution in [0.25, 0.3) is 5.57 Å². The molecule has 48 heavy (non-hydrogen) atoms. The second kappa shape index (κ2) is 18.6. The Bertz CT molecular complexity index is 1490. The third-order valence-corrected chi connectivity index (χ3v) is 11.3. The Labute approximate surface area is 309 Å². The van der Waals surface area contributed by atoms with Gasteiger partial charge in [-0.3, -0.25) is 0 Å². The van der Waals surface area contributed by atoms with Crippen LogP contribution in [0.2, 0.25) is 0 Å². The highest BCUT2D eigenvalue weighted by Gasteiger charge is 2.56. The molecule has 0 saturated carbocycles. The quantitative estimate of drug-likeness (QED) is 0.0857. The predicted octanol–water partition coefficient (Wildman–Crippen LogP) is 6.02. The van der Waals surface area contributed by atoms with E-state index in [1.165, 1.54) is 8.96 Å². The summed E-state index contributed by atoms with van der Waals surface area (Å²) in [5, 5.41) is 0. The zero-order chi connectivity index (χ0) is 34.8. The molecule has 0 amide bonds. The number of aromatic nitrogens is 1. The molecule has 4 rings (SSSR count). The molecule has 2 aliphatic heterocycles. The number of halogens is 4. The zero-order valence-corrected chi connectivity index (χ0v) is 32.8. The number of hydrogen-bond acceptors (Lipinski definition) is 8. The van der Waals surface area contributed by atoms with Gasteiger partial charge in [0.25, 0.3) is 0 Å². The Balaban J connectivity index is 1.63. The standard InChI is InChI=1S/C33H45BF2I2N2O8/c1-22-30(37)24(3)39-32(22)29(33-23(2)31(38)25(4)40(33)34(39,35)36)26-19-27(47-17-15-45-13-11-43-9-7-41-5)21-28(20-26)48-18-16-46-14-12-44-10-8-42-6/h19-21H,7-18H2,1-6H3. The topological polar surface area (TPSA) is 81.8 Å². The minimum atomic E-state index is -4.14. The molecule has 0 aliphatic carbocycles. The highest BCUT2D eigenvalue weighted by atomic mass is 127. The monoisotopic (exact) mass is 900 g/mol. The summed E-state index contributed by atoms with van der Waals surface area (Å²) in [6.07, 6.45) is 0. The molecule has 0 fully saturated rings. The molecule has 2 aromatic rings. The SMILES string of the molecule is COCCOCCOCCOc1cc(OCCOCCOCCOC)cc(C2=C3C(C)=C(I)C(C)=[N+]3[B-](F)(F)n3c(C)c(I)c(C)c32)c1. The lowest BCUT2D eigenvalue weighted by Crippen LogP contribution is -2.51. The molecule has 0 bridgehead atoms. The molecule has 0 saturated heterocycles. The van der Waals surface area contributed by atoms with E-state index < -0.39 is 6.97 Å². The number of rotatable bonds is 21. The van der Waals surface area contributed by atoms with Gasteiger partial charge in [0, 0.05) is 42.0 Å². The average molecular weight is 900 g/mol. The minimum Gasteiger partial charge on any atom is -0.491 e. The first-order valence-electron chi connectivity index (χ1n) is 15.9. The first-order valence-corrected chi connectivity index (χ1v) is 18.1. The number of ether oxygens (including phenoxy) is 8. The Kier molecular flexibility index (Phi) is 15.2. The third kappa shape index (κ3) is 9.00. The molecule has 1 aromatic heterocycles. The molecule has 1 aromatic carbocycles. The summed E-state index contributed by atoms with van der Waals surface area (Å²) in [7, 11) is 3.26. The number of methoxy groups -OCH3 is 2. The van der Waals surface area contributed by atoms with Gasteiger partial charge in [0.15, 0.2) is 5.70 Å². The first-order chi connectivity index (χ1) is 23.1. The van der Waals surface area contributed by atoms with E-state index in [0.717, 1.165) is 18.3 Å². The molecule has 0 atom stereocenters. The Morgan fingerprint density at radius 2 is 1.15 bits per heavy atom. The van der Waals surface area contributed by atoms with E-state index in [4.69, 9.17) is 37.9 Å². The number of hydrogen-bond donors (Lipinski definition) is 0. The lowest BCUT2D eigenvalue weighted by Gasteiger charge is -2.34. The largest absolute Gasteiger partial charge is 0.737 e. The Morgan fingerprint density at radius 1 is 0.688 bits per heavy atom. The van der Waals surface area contributed by atoms with Gasteiger partial charge >= 0.3 is 6.97 Å². The van der Waals surface area contributed by atoms with Crippen LogP contribution >= 0.6 is 45.2 Å². The van der Waals surface area contributed by atoms with Crippen molar-refractivity contribution >= 4 is 63.4 Å². The number of fused-ring (bicyclic) bond motifs is 2. The molecule has 15 heteroatoms. The van der Waals surface area contributed by atoms with Gasteiger partial charge in [0.2, 0.25) is 0 Å². The molecular formula is C33H45BF2I2N2O8. The van der Waals surface area contributed by atoms with Gasteiger partial charge in [-0.1, -0.05) is 0 Å². The van der Waals surface area contributed by atoms with Crippen molar-refractivity contribution < 1.29 is 51.0 Å². The smallest absolute Gasteiger partial charge is 0.491 e. The van der Waals surface area contributed by atoms with Crippen LogP contribution in [0, 0.1) is 17.4 Å². The molecule has 2 aliphatic rings. The van der Waals surface area contributed by atoms with Crippen LogP contribution < -0.4 is 9.47 Å². The lowest BCUT2D eigenvalue weighted by molar-refractivity contribution is -0.363. The van der Waals surface area contributed by atoms with Gasteiger partial charge < -0.3 is 55.5 Å². The number of allylic oxidation sites excluding steroid dienone is 2. The van der Waals surface area contributed by atoms with Crippen LogP contribution in [0.1, 0.15) is 36.4 Å². The maximum Gasteiger partial charge on any atom is 0.737 e. The van der Waals surface area contributed by atoms with E-state index in [-0.39, 0.29) is 13.2 Å². The summed E-state index contributed by atoms with van der Waals surface area (Å²) in [4.78, 5) is 0. The Hall–Kier alpha value is -1.61. The fraction of sp³-hybridized carbons (Fsp3) is 0.545. The van der Waals surface area contributed by atoms with Crippen LogP contribution in [0.4, 0.5) is 8.63 Å². The van der Waals surface area contributed by atoms with Crippen LogP contribution in [0.15, 0.2) is 33.0 Å². The van der Waals surface area contributed by atoms with Crippen molar-refractivity contribution in [2.45, 2.75) is 27.7 Å². The second-order valence-corrected chi connectivity index (χ2v) is 13.4. The summed E-state index contributed by atoms with van der Waals surface area (Å²) in [6, 6.07) is 5.58. The van der Waals surface area contributed by atoms with Crippen molar-refractivity contribution in [3.05, 3.63) is 59.1 Å². The number of benzene rings is 1. The van der Waals surface area contributed by atoms with E-state index in [1.807, 2.05) is 26.0 Å². The summed E-state index contributed by atoms with van der Waals surface area (Å²) in [5.74, 6) is 1.07. The first kappa shape index (κ1) is 39.2. The van der Waals surface area contributed by atoms with E-state index in [2.05, 4.69) is 45.2 Å². The maximum atomic E-state index is 16.5. The molecule has 0 unspecified atom stereocenters. The minimum absolute atomic E-state index is 0.280.